The molecule has 1 amide bonds. The number of nitrogens with zero attached hydrogens (tertiary/aromatic N) is 2. The molecule has 15 heavy (non-hydrogen) atoms. The number of nitrogens with one attached hydrogen (secondary N) is 2. The average molecular weight is 202 g/mol. The summed E-state index contributed by atoms with van der Waals surface area (Å²) >= 11 is 0. The summed E-state index contributed by atoms with van der Waals surface area (Å²) in [5, 5.41) is 9.03. The first kappa shape index (κ1) is 9.39. The normalized spacial score (nSPS) is 9.93. The van der Waals surface area contributed by atoms with Crippen LogP contribution in [0.2, 0.25) is 0 Å². The van der Waals surface area contributed by atoms with Gasteiger partial charge in [0.1, 0.15) is 5.69 Å². The third-order valence-electron chi connectivity index (χ3n) is 1.98. The van der Waals surface area contributed by atoms with Crippen molar-refractivity contribution in [3.63, 3.8) is 0 Å². The predicted octanol–water partition coefficient (Wildman–Crippen LogP) is 1.37. The van der Waals surface area contributed by atoms with E-state index in [1.54, 1.807) is 18.5 Å². The smallest absolute Gasteiger partial charge is 0.274 e. The number of pyridine rings is 1. The second-order valence-electron chi connectivity index (χ2n) is 3.11. The molecular weight excluding hydrogens is 192 g/mol. The minimum Gasteiger partial charge on any atom is -0.318 e. The summed E-state index contributed by atoms with van der Waals surface area (Å²) in [7, 11) is 0. The molecule has 2 N–H and O–H groups in total. The monoisotopic (exact) mass is 202 g/mol. The first-order valence-corrected chi connectivity index (χ1v) is 4.49. The molecule has 5 heteroatoms. The molecule has 0 aliphatic rings. The molecule has 0 saturated carbocycles. The maximum atomic E-state index is 11.7. The standard InChI is InChI=1S/C10H10N4O/c1-7-3-2-4-11-9(7)10(15)14-8-5-12-13-6-8/h2-6H,1H3,(H,12,13)(H,14,15). The zero-order valence-electron chi connectivity index (χ0n) is 8.19. The van der Waals surface area contributed by atoms with Crippen LogP contribution in [0.4, 0.5) is 5.69 Å². The highest BCUT2D eigenvalue weighted by atomic mass is 16.1. The zero-order chi connectivity index (χ0) is 10.7. The molecular formula is C10H10N4O. The van der Waals surface area contributed by atoms with Gasteiger partial charge in [0.2, 0.25) is 0 Å². The maximum absolute atomic E-state index is 11.7. The zero-order valence-corrected chi connectivity index (χ0v) is 8.19. The number of aryl methyl sites for hydroxylation is 1. The van der Waals surface area contributed by atoms with Crippen LogP contribution in [0, 0.1) is 6.92 Å². The second kappa shape index (κ2) is 3.91. The third-order valence-corrected chi connectivity index (χ3v) is 1.98. The SMILES string of the molecule is Cc1cccnc1C(=O)Nc1cn[nH]c1. The molecule has 0 fully saturated rings. The summed E-state index contributed by atoms with van der Waals surface area (Å²) < 4.78 is 0. The van der Waals surface area contributed by atoms with Crippen LogP contribution in [0.1, 0.15) is 16.1 Å². The van der Waals surface area contributed by atoms with E-state index in [0.29, 0.717) is 11.4 Å². The van der Waals surface area contributed by atoms with Gasteiger partial charge in [-0.2, -0.15) is 5.10 Å². The van der Waals surface area contributed by atoms with Crippen LogP contribution in [0.25, 0.3) is 0 Å². The van der Waals surface area contributed by atoms with Crippen LogP contribution < -0.4 is 5.32 Å². The molecule has 5 nitrogen and oxygen atoms in total. The van der Waals surface area contributed by atoms with E-state index in [1.165, 1.54) is 6.20 Å². The van der Waals surface area contributed by atoms with E-state index < -0.39 is 0 Å². The van der Waals surface area contributed by atoms with Gasteiger partial charge in [0.25, 0.3) is 5.91 Å². The fourth-order valence-corrected chi connectivity index (χ4v) is 1.23. The second-order valence-corrected chi connectivity index (χ2v) is 3.11. The lowest BCUT2D eigenvalue weighted by Gasteiger charge is -2.03. The Morgan fingerprint density at radius 2 is 2.40 bits per heavy atom. The molecule has 2 rings (SSSR count). The van der Waals surface area contributed by atoms with Crippen molar-refractivity contribution in [2.45, 2.75) is 6.92 Å². The molecule has 0 aromatic carbocycles. The minimum atomic E-state index is -0.227. The van der Waals surface area contributed by atoms with E-state index in [9.17, 15) is 4.79 Å². The summed E-state index contributed by atoms with van der Waals surface area (Å²) in [6.45, 7) is 1.84. The van der Waals surface area contributed by atoms with Crippen LogP contribution in [-0.4, -0.2) is 21.1 Å². The van der Waals surface area contributed by atoms with E-state index in [2.05, 4.69) is 20.5 Å². The Kier molecular flexibility index (Phi) is 2.45. The number of hydrogen-bond acceptors (Lipinski definition) is 3. The molecule has 0 aliphatic carbocycles. The number of carbonyl (C=O) groups excluding carboxylic acids is 1. The van der Waals surface area contributed by atoms with E-state index in [4.69, 9.17) is 0 Å². The molecule has 0 aliphatic heterocycles. The lowest BCUT2D eigenvalue weighted by atomic mass is 10.2. The Hall–Kier alpha value is -2.17. The average Bonchev–Trinajstić information content (AvgIpc) is 2.71. The highest BCUT2D eigenvalue weighted by Gasteiger charge is 2.10. The van der Waals surface area contributed by atoms with Crippen molar-refractivity contribution < 1.29 is 4.79 Å². The van der Waals surface area contributed by atoms with Crippen LogP contribution in [0.5, 0.6) is 0 Å². The summed E-state index contributed by atoms with van der Waals surface area (Å²) in [5.41, 5.74) is 1.90. The molecule has 0 spiro atoms. The molecule has 0 saturated heterocycles. The van der Waals surface area contributed by atoms with Crippen LogP contribution in [-0.2, 0) is 0 Å². The Bertz CT molecular complexity index is 464. The molecule has 0 unspecified atom stereocenters. The highest BCUT2D eigenvalue weighted by molar-refractivity contribution is 6.03. The van der Waals surface area contributed by atoms with Crippen molar-refractivity contribution in [2.75, 3.05) is 5.32 Å². The third kappa shape index (κ3) is 2.01. The number of hydrogen-bond donors (Lipinski definition) is 2. The van der Waals surface area contributed by atoms with Gasteiger partial charge in [-0.05, 0) is 18.6 Å². The first-order chi connectivity index (χ1) is 7.27. The van der Waals surface area contributed by atoms with Crippen molar-refractivity contribution in [1.29, 1.82) is 0 Å². The summed E-state index contributed by atoms with van der Waals surface area (Å²) in [6, 6.07) is 3.64. The van der Waals surface area contributed by atoms with Crippen molar-refractivity contribution in [3.05, 3.63) is 42.0 Å². The maximum Gasteiger partial charge on any atom is 0.274 e. The molecule has 2 heterocycles. The van der Waals surface area contributed by atoms with Gasteiger partial charge in [0.15, 0.2) is 0 Å². The lowest BCUT2D eigenvalue weighted by molar-refractivity contribution is 0.102. The molecule has 0 radical (unpaired) electrons. The summed E-state index contributed by atoms with van der Waals surface area (Å²) in [5.74, 6) is -0.227. The fraction of sp³-hybridized carbons (Fsp3) is 0.100. The number of H-pyrrole nitrogens is 1. The Balaban J connectivity index is 2.19. The molecule has 2 aromatic rings. The first-order valence-electron chi connectivity index (χ1n) is 4.49. The van der Waals surface area contributed by atoms with E-state index in [0.717, 1.165) is 5.56 Å². The lowest BCUT2D eigenvalue weighted by Crippen LogP contribution is -2.14. The van der Waals surface area contributed by atoms with Gasteiger partial charge in [0.05, 0.1) is 11.9 Å². The highest BCUT2D eigenvalue weighted by Crippen LogP contribution is 2.07. The number of aromatic amines is 1. The van der Waals surface area contributed by atoms with Gasteiger partial charge in [-0.15, -0.1) is 0 Å². The number of aromatic nitrogens is 3. The van der Waals surface area contributed by atoms with Gasteiger partial charge in [-0.3, -0.25) is 14.9 Å². The molecule has 0 atom stereocenters. The Morgan fingerprint density at radius 3 is 3.07 bits per heavy atom. The van der Waals surface area contributed by atoms with Gasteiger partial charge in [0, 0.05) is 12.4 Å². The number of amides is 1. The molecule has 2 aromatic heterocycles. The van der Waals surface area contributed by atoms with Crippen LogP contribution >= 0.6 is 0 Å². The van der Waals surface area contributed by atoms with Crippen LogP contribution in [0.15, 0.2) is 30.7 Å². The number of rotatable bonds is 2. The Labute approximate surface area is 86.5 Å². The quantitative estimate of drug-likeness (QED) is 0.772. The number of anilines is 1. The topological polar surface area (TPSA) is 70.7 Å². The van der Waals surface area contributed by atoms with Crippen molar-refractivity contribution in [3.8, 4) is 0 Å². The molecule has 76 valence electrons. The Morgan fingerprint density at radius 1 is 1.53 bits per heavy atom. The predicted molar refractivity (Wildman–Crippen MR) is 55.5 cm³/mol. The van der Waals surface area contributed by atoms with Gasteiger partial charge in [-0.25, -0.2) is 0 Å². The summed E-state index contributed by atoms with van der Waals surface area (Å²) in [6.07, 6.45) is 4.74. The largest absolute Gasteiger partial charge is 0.318 e. The van der Waals surface area contributed by atoms with E-state index in [-0.39, 0.29) is 5.91 Å². The number of carbonyl (C=O) groups is 1. The summed E-state index contributed by atoms with van der Waals surface area (Å²) in [4.78, 5) is 15.7. The fourth-order valence-electron chi connectivity index (χ4n) is 1.23. The van der Waals surface area contributed by atoms with Crippen LogP contribution in [0.3, 0.4) is 0 Å². The molecule has 0 bridgehead atoms. The van der Waals surface area contributed by atoms with Crippen molar-refractivity contribution >= 4 is 11.6 Å². The van der Waals surface area contributed by atoms with E-state index >= 15 is 0 Å². The van der Waals surface area contributed by atoms with Gasteiger partial charge < -0.3 is 5.32 Å². The van der Waals surface area contributed by atoms with Gasteiger partial charge >= 0.3 is 0 Å². The van der Waals surface area contributed by atoms with Crippen molar-refractivity contribution in [1.82, 2.24) is 15.2 Å². The minimum absolute atomic E-state index is 0.227. The van der Waals surface area contributed by atoms with Gasteiger partial charge in [-0.1, -0.05) is 6.07 Å². The van der Waals surface area contributed by atoms with E-state index in [1.807, 2.05) is 13.0 Å². The van der Waals surface area contributed by atoms with Crippen molar-refractivity contribution in [2.24, 2.45) is 0 Å².